The van der Waals surface area contributed by atoms with Gasteiger partial charge in [-0.05, 0) is 25.0 Å². The van der Waals surface area contributed by atoms with Crippen LogP contribution in [0, 0.1) is 0 Å². The Kier molecular flexibility index (Phi) is 4.85. The maximum Gasteiger partial charge on any atom is 0.337 e. The molecule has 0 amide bonds. The SMILES string of the molecule is CC1(C)Cc2c(sc(CC(=S)Cc3ccccc3)c2C(=O)O)CO1. The number of rotatable bonds is 5. The van der Waals surface area contributed by atoms with E-state index in [1.807, 2.05) is 44.2 Å². The molecule has 2 heterocycles. The summed E-state index contributed by atoms with van der Waals surface area (Å²) in [6.45, 7) is 4.48. The highest BCUT2D eigenvalue weighted by atomic mass is 32.1. The zero-order valence-electron chi connectivity index (χ0n) is 13.8. The summed E-state index contributed by atoms with van der Waals surface area (Å²) < 4.78 is 5.83. The molecule has 0 bridgehead atoms. The molecule has 0 fully saturated rings. The summed E-state index contributed by atoms with van der Waals surface area (Å²) in [5.74, 6) is -0.859. The van der Waals surface area contributed by atoms with E-state index in [-0.39, 0.29) is 5.60 Å². The molecule has 0 aliphatic carbocycles. The van der Waals surface area contributed by atoms with Crippen molar-refractivity contribution >= 4 is 34.4 Å². The van der Waals surface area contributed by atoms with E-state index in [1.54, 1.807) is 0 Å². The van der Waals surface area contributed by atoms with Crippen molar-refractivity contribution in [2.75, 3.05) is 0 Å². The third kappa shape index (κ3) is 3.74. The van der Waals surface area contributed by atoms with Gasteiger partial charge in [-0.1, -0.05) is 42.5 Å². The number of ether oxygens (including phenoxy) is 1. The summed E-state index contributed by atoms with van der Waals surface area (Å²) >= 11 is 7.07. The Balaban J connectivity index is 1.85. The van der Waals surface area contributed by atoms with Crippen LogP contribution in [0.3, 0.4) is 0 Å². The first-order valence-electron chi connectivity index (χ1n) is 7.92. The number of aromatic carboxylic acids is 1. The van der Waals surface area contributed by atoms with Gasteiger partial charge >= 0.3 is 5.97 Å². The van der Waals surface area contributed by atoms with E-state index < -0.39 is 5.97 Å². The largest absolute Gasteiger partial charge is 0.478 e. The Labute approximate surface area is 151 Å². The highest BCUT2D eigenvalue weighted by molar-refractivity contribution is 7.80. The van der Waals surface area contributed by atoms with Crippen molar-refractivity contribution in [1.82, 2.24) is 0 Å². The number of hydrogen-bond donors (Lipinski definition) is 1. The van der Waals surface area contributed by atoms with Crippen LogP contribution in [0.2, 0.25) is 0 Å². The van der Waals surface area contributed by atoms with Gasteiger partial charge in [0.05, 0.1) is 17.8 Å². The fourth-order valence-electron chi connectivity index (χ4n) is 3.05. The van der Waals surface area contributed by atoms with Gasteiger partial charge < -0.3 is 9.84 Å². The van der Waals surface area contributed by atoms with Crippen LogP contribution < -0.4 is 0 Å². The van der Waals surface area contributed by atoms with E-state index in [9.17, 15) is 9.90 Å². The monoisotopic (exact) mass is 360 g/mol. The predicted molar refractivity (Wildman–Crippen MR) is 100 cm³/mol. The van der Waals surface area contributed by atoms with E-state index in [0.29, 0.717) is 31.4 Å². The standard InChI is InChI=1S/C19H20O3S2/c1-19(2)10-14-16(11-22-19)24-15(17(14)18(20)21)9-13(23)8-12-6-4-3-5-7-12/h3-7H,8-11H2,1-2H3,(H,20,21). The average Bonchev–Trinajstić information content (AvgIpc) is 2.83. The van der Waals surface area contributed by atoms with Crippen LogP contribution in [-0.2, 0) is 30.6 Å². The molecule has 0 saturated carbocycles. The number of carboxylic acids is 1. The quantitative estimate of drug-likeness (QED) is 0.800. The number of benzene rings is 1. The zero-order valence-corrected chi connectivity index (χ0v) is 15.4. The van der Waals surface area contributed by atoms with Crippen LogP contribution >= 0.6 is 23.6 Å². The molecule has 0 radical (unpaired) electrons. The Morgan fingerprint density at radius 2 is 2.00 bits per heavy atom. The molecule has 0 unspecified atom stereocenters. The molecule has 3 nitrogen and oxygen atoms in total. The Morgan fingerprint density at radius 3 is 2.67 bits per heavy atom. The van der Waals surface area contributed by atoms with Gasteiger partial charge in [-0.15, -0.1) is 11.3 Å². The fourth-order valence-corrected chi connectivity index (χ4v) is 4.72. The van der Waals surface area contributed by atoms with E-state index in [4.69, 9.17) is 17.0 Å². The molecule has 5 heteroatoms. The normalized spacial score (nSPS) is 15.8. The second-order valence-corrected chi connectivity index (χ2v) is 8.48. The van der Waals surface area contributed by atoms with E-state index in [1.165, 1.54) is 11.3 Å². The van der Waals surface area contributed by atoms with Crippen LogP contribution in [0.15, 0.2) is 30.3 Å². The molecular formula is C19H20O3S2. The summed E-state index contributed by atoms with van der Waals surface area (Å²) in [6, 6.07) is 10.0. The van der Waals surface area contributed by atoms with Gasteiger partial charge in [0, 0.05) is 33.9 Å². The molecule has 24 heavy (non-hydrogen) atoms. The van der Waals surface area contributed by atoms with Crippen LogP contribution in [0.5, 0.6) is 0 Å². The van der Waals surface area contributed by atoms with Gasteiger partial charge in [0.15, 0.2) is 0 Å². The number of fused-ring (bicyclic) bond motifs is 1. The summed E-state index contributed by atoms with van der Waals surface area (Å²) in [5.41, 5.74) is 2.22. The molecule has 0 spiro atoms. The van der Waals surface area contributed by atoms with Gasteiger partial charge in [-0.2, -0.15) is 0 Å². The van der Waals surface area contributed by atoms with Gasteiger partial charge in [-0.3, -0.25) is 0 Å². The Morgan fingerprint density at radius 1 is 1.29 bits per heavy atom. The first-order chi connectivity index (χ1) is 11.4. The van der Waals surface area contributed by atoms with Gasteiger partial charge in [0.2, 0.25) is 0 Å². The van der Waals surface area contributed by atoms with Crippen molar-refractivity contribution < 1.29 is 14.6 Å². The third-order valence-electron chi connectivity index (χ3n) is 4.18. The lowest BCUT2D eigenvalue weighted by Crippen LogP contribution is -2.31. The minimum absolute atomic E-state index is 0.319. The predicted octanol–water partition coefficient (Wildman–Crippen LogP) is 4.45. The van der Waals surface area contributed by atoms with Crippen molar-refractivity contribution in [2.24, 2.45) is 0 Å². The van der Waals surface area contributed by atoms with Crippen molar-refractivity contribution in [3.63, 3.8) is 0 Å². The number of thiophene rings is 1. The van der Waals surface area contributed by atoms with E-state index in [0.717, 1.165) is 25.7 Å². The smallest absolute Gasteiger partial charge is 0.337 e. The van der Waals surface area contributed by atoms with Crippen molar-refractivity contribution in [3.05, 3.63) is 56.8 Å². The highest BCUT2D eigenvalue weighted by Gasteiger charge is 2.33. The summed E-state index contributed by atoms with van der Waals surface area (Å²) in [7, 11) is 0. The lowest BCUT2D eigenvalue weighted by atomic mass is 9.92. The van der Waals surface area contributed by atoms with E-state index in [2.05, 4.69) is 0 Å². The molecule has 1 aliphatic rings. The molecule has 3 rings (SSSR count). The Bertz CT molecular complexity index is 775. The second kappa shape index (κ2) is 6.75. The molecule has 0 saturated heterocycles. The topological polar surface area (TPSA) is 46.5 Å². The second-order valence-electron chi connectivity index (χ2n) is 6.71. The molecule has 1 N–H and O–H groups in total. The third-order valence-corrected chi connectivity index (χ3v) is 5.67. The maximum atomic E-state index is 11.8. The molecule has 2 aromatic rings. The summed E-state index contributed by atoms with van der Waals surface area (Å²) in [4.78, 5) is 14.6. The summed E-state index contributed by atoms with van der Waals surface area (Å²) in [6.07, 6.45) is 1.86. The van der Waals surface area contributed by atoms with Crippen LogP contribution in [0.1, 0.15) is 45.1 Å². The minimum Gasteiger partial charge on any atom is -0.478 e. The minimum atomic E-state index is -0.859. The molecule has 1 aliphatic heterocycles. The average molecular weight is 361 g/mol. The zero-order chi connectivity index (χ0) is 17.3. The van der Waals surface area contributed by atoms with Crippen molar-refractivity contribution in [1.29, 1.82) is 0 Å². The van der Waals surface area contributed by atoms with Crippen LogP contribution in [0.4, 0.5) is 0 Å². The maximum absolute atomic E-state index is 11.8. The lowest BCUT2D eigenvalue weighted by molar-refractivity contribution is -0.0384. The fraction of sp³-hybridized carbons (Fsp3) is 0.368. The molecule has 1 aromatic carbocycles. The number of hydrogen-bond acceptors (Lipinski definition) is 4. The molecule has 0 atom stereocenters. The highest BCUT2D eigenvalue weighted by Crippen LogP contribution is 2.38. The summed E-state index contributed by atoms with van der Waals surface area (Å²) in [5, 5.41) is 9.71. The number of thiocarbonyl (C=S) groups is 1. The van der Waals surface area contributed by atoms with Crippen molar-refractivity contribution in [2.45, 2.75) is 45.3 Å². The van der Waals surface area contributed by atoms with Crippen LogP contribution in [0.25, 0.3) is 0 Å². The Hall–Kier alpha value is -1.56. The first kappa shape index (κ1) is 17.3. The van der Waals surface area contributed by atoms with Crippen LogP contribution in [-0.4, -0.2) is 21.5 Å². The molecule has 126 valence electrons. The van der Waals surface area contributed by atoms with E-state index >= 15 is 0 Å². The van der Waals surface area contributed by atoms with Gasteiger partial charge in [0.1, 0.15) is 0 Å². The molecular weight excluding hydrogens is 340 g/mol. The van der Waals surface area contributed by atoms with Gasteiger partial charge in [-0.25, -0.2) is 4.79 Å². The van der Waals surface area contributed by atoms with Gasteiger partial charge in [0.25, 0.3) is 0 Å². The molecule has 1 aromatic heterocycles. The number of carbonyl (C=O) groups is 1. The lowest BCUT2D eigenvalue weighted by Gasteiger charge is -2.30. The van der Waals surface area contributed by atoms with Crippen molar-refractivity contribution in [3.8, 4) is 0 Å². The number of carboxylic acid groups (broad SMARTS) is 1. The first-order valence-corrected chi connectivity index (χ1v) is 9.14.